The predicted molar refractivity (Wildman–Crippen MR) is 54.9 cm³/mol. The number of nitrogens with zero attached hydrogens (tertiary/aromatic N) is 1. The van der Waals surface area contributed by atoms with Crippen LogP contribution in [0.2, 0.25) is 0 Å². The molecule has 2 rings (SSSR count). The van der Waals surface area contributed by atoms with Crippen molar-refractivity contribution in [3.8, 4) is 0 Å². The summed E-state index contributed by atoms with van der Waals surface area (Å²) in [6.45, 7) is 1.84. The smallest absolute Gasteiger partial charge is 0.126 e. The summed E-state index contributed by atoms with van der Waals surface area (Å²) in [6, 6.07) is 5.13. The SMILES string of the molecule is Cc1cc(F)cc(C(N)=NC2CC2)c1. The maximum Gasteiger partial charge on any atom is 0.126 e. The van der Waals surface area contributed by atoms with E-state index < -0.39 is 0 Å². The molecule has 0 aromatic heterocycles. The third-order valence-corrected chi connectivity index (χ3v) is 2.21. The van der Waals surface area contributed by atoms with Crippen LogP contribution in [0.15, 0.2) is 23.2 Å². The van der Waals surface area contributed by atoms with Gasteiger partial charge in [0.1, 0.15) is 11.7 Å². The van der Waals surface area contributed by atoms with Gasteiger partial charge in [-0.25, -0.2) is 4.39 Å². The van der Waals surface area contributed by atoms with Crippen molar-refractivity contribution in [2.75, 3.05) is 0 Å². The van der Waals surface area contributed by atoms with E-state index in [1.165, 1.54) is 12.1 Å². The van der Waals surface area contributed by atoms with Gasteiger partial charge in [0.2, 0.25) is 0 Å². The molecule has 3 heteroatoms. The summed E-state index contributed by atoms with van der Waals surface area (Å²) in [5.41, 5.74) is 7.32. The molecule has 1 fully saturated rings. The lowest BCUT2D eigenvalue weighted by molar-refractivity contribution is 0.626. The highest BCUT2D eigenvalue weighted by atomic mass is 19.1. The second kappa shape index (κ2) is 3.40. The highest BCUT2D eigenvalue weighted by Gasteiger charge is 2.20. The van der Waals surface area contributed by atoms with E-state index in [2.05, 4.69) is 4.99 Å². The van der Waals surface area contributed by atoms with Crippen molar-refractivity contribution < 1.29 is 4.39 Å². The van der Waals surface area contributed by atoms with Crippen LogP contribution in [0.25, 0.3) is 0 Å². The van der Waals surface area contributed by atoms with E-state index in [4.69, 9.17) is 5.73 Å². The Kier molecular flexibility index (Phi) is 2.23. The van der Waals surface area contributed by atoms with E-state index in [1.54, 1.807) is 0 Å². The number of aliphatic imine (C=N–C) groups is 1. The molecule has 1 saturated carbocycles. The van der Waals surface area contributed by atoms with Gasteiger partial charge in [0.05, 0.1) is 6.04 Å². The Balaban J connectivity index is 2.30. The summed E-state index contributed by atoms with van der Waals surface area (Å²) < 4.78 is 13.0. The van der Waals surface area contributed by atoms with Gasteiger partial charge < -0.3 is 5.73 Å². The molecule has 2 nitrogen and oxygen atoms in total. The maximum atomic E-state index is 13.0. The predicted octanol–water partition coefficient (Wildman–Crippen LogP) is 2.00. The monoisotopic (exact) mass is 192 g/mol. The van der Waals surface area contributed by atoms with Gasteiger partial charge >= 0.3 is 0 Å². The van der Waals surface area contributed by atoms with Crippen molar-refractivity contribution in [2.45, 2.75) is 25.8 Å². The largest absolute Gasteiger partial charge is 0.383 e. The second-order valence-corrected chi connectivity index (χ2v) is 3.76. The van der Waals surface area contributed by atoms with Gasteiger partial charge in [-0.2, -0.15) is 0 Å². The Labute approximate surface area is 82.7 Å². The molecule has 74 valence electrons. The van der Waals surface area contributed by atoms with Gasteiger partial charge in [-0.15, -0.1) is 0 Å². The molecule has 1 aromatic rings. The zero-order valence-electron chi connectivity index (χ0n) is 8.13. The molecular weight excluding hydrogens is 179 g/mol. The molecule has 0 radical (unpaired) electrons. The quantitative estimate of drug-likeness (QED) is 0.565. The summed E-state index contributed by atoms with van der Waals surface area (Å²) in [4.78, 5) is 4.27. The van der Waals surface area contributed by atoms with Gasteiger partial charge in [0, 0.05) is 5.56 Å². The van der Waals surface area contributed by atoms with Crippen molar-refractivity contribution in [1.82, 2.24) is 0 Å². The fourth-order valence-corrected chi connectivity index (χ4v) is 1.36. The number of halogens is 1. The first kappa shape index (κ1) is 9.19. The summed E-state index contributed by atoms with van der Waals surface area (Å²) in [5, 5.41) is 0. The number of amidine groups is 1. The summed E-state index contributed by atoms with van der Waals surface area (Å²) in [7, 11) is 0. The fourth-order valence-electron chi connectivity index (χ4n) is 1.36. The van der Waals surface area contributed by atoms with Crippen molar-refractivity contribution >= 4 is 5.84 Å². The molecule has 0 heterocycles. The molecule has 0 bridgehead atoms. The second-order valence-electron chi connectivity index (χ2n) is 3.76. The van der Waals surface area contributed by atoms with Gasteiger partial charge in [-0.3, -0.25) is 4.99 Å². The fraction of sp³-hybridized carbons (Fsp3) is 0.364. The van der Waals surface area contributed by atoms with Crippen LogP contribution < -0.4 is 5.73 Å². The molecule has 0 unspecified atom stereocenters. The van der Waals surface area contributed by atoms with E-state index in [0.717, 1.165) is 18.4 Å². The molecule has 1 aliphatic carbocycles. The van der Waals surface area contributed by atoms with Gasteiger partial charge in [-0.05, 0) is 43.5 Å². The molecular formula is C11H13FN2. The number of aryl methyl sites for hydroxylation is 1. The third-order valence-electron chi connectivity index (χ3n) is 2.21. The van der Waals surface area contributed by atoms with E-state index in [9.17, 15) is 4.39 Å². The van der Waals surface area contributed by atoms with Crippen LogP contribution >= 0.6 is 0 Å². The summed E-state index contributed by atoms with van der Waals surface area (Å²) >= 11 is 0. The van der Waals surface area contributed by atoms with E-state index >= 15 is 0 Å². The molecule has 0 spiro atoms. The highest BCUT2D eigenvalue weighted by Crippen LogP contribution is 2.24. The number of hydrogen-bond acceptors (Lipinski definition) is 1. The lowest BCUT2D eigenvalue weighted by Gasteiger charge is -2.02. The topological polar surface area (TPSA) is 38.4 Å². The Morgan fingerprint density at radius 3 is 2.71 bits per heavy atom. The van der Waals surface area contributed by atoms with Crippen LogP contribution in [0, 0.1) is 12.7 Å². The first-order valence-electron chi connectivity index (χ1n) is 4.76. The molecule has 0 aliphatic heterocycles. The minimum atomic E-state index is -0.256. The first-order valence-corrected chi connectivity index (χ1v) is 4.76. The highest BCUT2D eigenvalue weighted by molar-refractivity contribution is 5.97. The third kappa shape index (κ3) is 2.10. The molecule has 0 amide bonds. The Hall–Kier alpha value is -1.38. The lowest BCUT2D eigenvalue weighted by Crippen LogP contribution is -2.14. The summed E-state index contributed by atoms with van der Waals surface area (Å²) in [5.74, 6) is 0.198. The van der Waals surface area contributed by atoms with Crippen LogP contribution in [-0.2, 0) is 0 Å². The van der Waals surface area contributed by atoms with Crippen LogP contribution in [0.4, 0.5) is 4.39 Å². The van der Waals surface area contributed by atoms with Crippen LogP contribution in [0.3, 0.4) is 0 Å². The standard InChI is InChI=1S/C11H13FN2/c1-7-4-8(6-9(12)5-7)11(13)14-10-2-3-10/h4-6,10H,2-3H2,1H3,(H2,13,14). The zero-order valence-corrected chi connectivity index (χ0v) is 8.13. The zero-order chi connectivity index (χ0) is 10.1. The Morgan fingerprint density at radius 1 is 1.43 bits per heavy atom. The van der Waals surface area contributed by atoms with E-state index in [1.807, 2.05) is 13.0 Å². The number of rotatable bonds is 2. The van der Waals surface area contributed by atoms with Crippen molar-refractivity contribution in [3.63, 3.8) is 0 Å². The molecule has 2 N–H and O–H groups in total. The van der Waals surface area contributed by atoms with Crippen LogP contribution in [-0.4, -0.2) is 11.9 Å². The normalized spacial score (nSPS) is 17.1. The molecule has 0 saturated heterocycles. The van der Waals surface area contributed by atoms with Crippen molar-refractivity contribution in [1.29, 1.82) is 0 Å². The van der Waals surface area contributed by atoms with Crippen molar-refractivity contribution in [2.24, 2.45) is 10.7 Å². The number of nitrogens with two attached hydrogens (primary N) is 1. The minimum Gasteiger partial charge on any atom is -0.383 e. The molecule has 1 aromatic carbocycles. The van der Waals surface area contributed by atoms with Crippen molar-refractivity contribution in [3.05, 3.63) is 35.1 Å². The summed E-state index contributed by atoms with van der Waals surface area (Å²) in [6.07, 6.45) is 2.21. The van der Waals surface area contributed by atoms with Crippen LogP contribution in [0.1, 0.15) is 24.0 Å². The Bertz CT molecular complexity index is 361. The number of hydrogen-bond donors (Lipinski definition) is 1. The maximum absolute atomic E-state index is 13.0. The van der Waals surface area contributed by atoms with E-state index in [0.29, 0.717) is 17.4 Å². The van der Waals surface area contributed by atoms with Crippen LogP contribution in [0.5, 0.6) is 0 Å². The number of benzene rings is 1. The molecule has 1 aliphatic rings. The average Bonchev–Trinajstić information content (AvgIpc) is 2.86. The van der Waals surface area contributed by atoms with E-state index in [-0.39, 0.29) is 5.82 Å². The molecule has 14 heavy (non-hydrogen) atoms. The van der Waals surface area contributed by atoms with Gasteiger partial charge in [-0.1, -0.05) is 0 Å². The Morgan fingerprint density at radius 2 is 2.14 bits per heavy atom. The van der Waals surface area contributed by atoms with Gasteiger partial charge in [0.25, 0.3) is 0 Å². The minimum absolute atomic E-state index is 0.256. The average molecular weight is 192 g/mol. The first-order chi connectivity index (χ1) is 6.65. The lowest BCUT2D eigenvalue weighted by atomic mass is 10.1. The van der Waals surface area contributed by atoms with Gasteiger partial charge in [0.15, 0.2) is 0 Å². The molecule has 0 atom stereocenters.